The number of unbranched alkanes of at least 4 members (excludes halogenated alkanes) is 1. The molecule has 0 bridgehead atoms. The number of methoxy groups -OCH3 is 3. The van der Waals surface area contributed by atoms with Crippen LogP contribution in [0.3, 0.4) is 0 Å². The summed E-state index contributed by atoms with van der Waals surface area (Å²) in [6.07, 6.45) is 8.86. The quantitative estimate of drug-likeness (QED) is 0.473. The molecule has 0 atom stereocenters. The summed E-state index contributed by atoms with van der Waals surface area (Å²) in [5, 5.41) is 0. The van der Waals surface area contributed by atoms with Crippen molar-refractivity contribution in [3.8, 4) is 29.6 Å². The number of hydrogen-bond donors (Lipinski definition) is 1. The first-order chi connectivity index (χ1) is 13.6. The number of anilines is 1. The van der Waals surface area contributed by atoms with Gasteiger partial charge in [-0.1, -0.05) is 0 Å². The van der Waals surface area contributed by atoms with E-state index in [-0.39, 0.29) is 0 Å². The van der Waals surface area contributed by atoms with E-state index in [2.05, 4.69) is 20.9 Å². The third kappa shape index (κ3) is 3.64. The van der Waals surface area contributed by atoms with Crippen molar-refractivity contribution in [2.24, 2.45) is 0 Å². The van der Waals surface area contributed by atoms with Gasteiger partial charge in [0.15, 0.2) is 28.5 Å². The van der Waals surface area contributed by atoms with Crippen molar-refractivity contribution in [1.82, 2.24) is 19.5 Å². The maximum atomic E-state index is 6.00. The monoisotopic (exact) mass is 381 g/mol. The Balaban J connectivity index is 2.05. The minimum Gasteiger partial charge on any atom is -0.493 e. The van der Waals surface area contributed by atoms with Crippen LogP contribution in [-0.4, -0.2) is 40.8 Å². The van der Waals surface area contributed by atoms with Gasteiger partial charge in [-0.05, 0) is 24.1 Å². The average molecular weight is 381 g/mol. The van der Waals surface area contributed by atoms with Crippen LogP contribution in [0.4, 0.5) is 5.82 Å². The summed E-state index contributed by atoms with van der Waals surface area (Å²) in [4.78, 5) is 13.1. The van der Waals surface area contributed by atoms with Crippen LogP contribution in [0.15, 0.2) is 18.5 Å². The number of imidazole rings is 1. The van der Waals surface area contributed by atoms with Crippen LogP contribution in [0, 0.1) is 12.3 Å². The number of aryl methyl sites for hydroxylation is 1. The molecule has 8 heteroatoms. The van der Waals surface area contributed by atoms with Crippen LogP contribution < -0.4 is 19.9 Å². The highest BCUT2D eigenvalue weighted by molar-refractivity contribution is 5.81. The summed E-state index contributed by atoms with van der Waals surface area (Å²) >= 11 is 0. The third-order valence-electron chi connectivity index (χ3n) is 4.43. The zero-order valence-corrected chi connectivity index (χ0v) is 16.2. The van der Waals surface area contributed by atoms with Crippen LogP contribution in [0.5, 0.6) is 17.2 Å². The molecule has 0 radical (unpaired) electrons. The molecule has 2 heterocycles. The zero-order chi connectivity index (χ0) is 20.1. The van der Waals surface area contributed by atoms with Gasteiger partial charge >= 0.3 is 0 Å². The molecule has 0 aliphatic heterocycles. The summed E-state index contributed by atoms with van der Waals surface area (Å²) < 4.78 is 18.3. The number of nitrogens with zero attached hydrogens (tertiary/aromatic N) is 4. The van der Waals surface area contributed by atoms with Crippen LogP contribution in [0.2, 0.25) is 0 Å². The molecule has 2 N–H and O–H groups in total. The molecule has 8 nitrogen and oxygen atoms in total. The van der Waals surface area contributed by atoms with Gasteiger partial charge in [0, 0.05) is 19.4 Å². The molecule has 0 saturated carbocycles. The molecule has 0 aliphatic carbocycles. The number of hydrogen-bond acceptors (Lipinski definition) is 7. The van der Waals surface area contributed by atoms with Crippen molar-refractivity contribution in [3.05, 3.63) is 29.8 Å². The predicted octanol–water partition coefficient (Wildman–Crippen LogP) is 2.44. The SMILES string of the molecule is C#CCCCn1c(Cc2cc(OC)c(OC)c(OC)c2)nc2c(N)ncnc21. The van der Waals surface area contributed by atoms with E-state index in [4.69, 9.17) is 26.4 Å². The lowest BCUT2D eigenvalue weighted by Gasteiger charge is -2.14. The summed E-state index contributed by atoms with van der Waals surface area (Å²) in [6, 6.07) is 3.81. The first-order valence-electron chi connectivity index (χ1n) is 8.80. The number of fused-ring (bicyclic) bond motifs is 1. The molecule has 146 valence electrons. The summed E-state index contributed by atoms with van der Waals surface area (Å²) in [7, 11) is 4.76. The Bertz CT molecular complexity index is 998. The van der Waals surface area contributed by atoms with E-state index in [1.54, 1.807) is 21.3 Å². The second kappa shape index (κ2) is 8.48. The number of benzene rings is 1. The van der Waals surface area contributed by atoms with E-state index < -0.39 is 0 Å². The highest BCUT2D eigenvalue weighted by atomic mass is 16.5. The summed E-state index contributed by atoms with van der Waals surface area (Å²) in [5.74, 6) is 5.56. The minimum absolute atomic E-state index is 0.354. The summed E-state index contributed by atoms with van der Waals surface area (Å²) in [5.41, 5.74) is 8.24. The van der Waals surface area contributed by atoms with Crippen LogP contribution in [-0.2, 0) is 13.0 Å². The molecular weight excluding hydrogens is 358 g/mol. The lowest BCUT2D eigenvalue weighted by atomic mass is 10.1. The Hall–Kier alpha value is -3.47. The first kappa shape index (κ1) is 19.3. The Labute approximate surface area is 163 Å². The average Bonchev–Trinajstić information content (AvgIpc) is 3.06. The molecule has 0 fully saturated rings. The second-order valence-electron chi connectivity index (χ2n) is 6.13. The molecule has 0 aliphatic rings. The highest BCUT2D eigenvalue weighted by Crippen LogP contribution is 2.38. The highest BCUT2D eigenvalue weighted by Gasteiger charge is 2.18. The maximum Gasteiger partial charge on any atom is 0.203 e. The molecule has 28 heavy (non-hydrogen) atoms. The third-order valence-corrected chi connectivity index (χ3v) is 4.43. The van der Waals surface area contributed by atoms with Crippen LogP contribution in [0.25, 0.3) is 11.2 Å². The standard InChI is InChI=1S/C20H23N5O3/c1-5-6-7-8-25-16(24-17-19(21)22-12-23-20(17)25)11-13-9-14(26-2)18(28-4)15(10-13)27-3/h1,9-10,12H,6-8,11H2,2-4H3,(H2,21,22,23). The van der Waals surface area contributed by atoms with Crippen molar-refractivity contribution in [3.63, 3.8) is 0 Å². The zero-order valence-electron chi connectivity index (χ0n) is 16.2. The van der Waals surface area contributed by atoms with Crippen molar-refractivity contribution in [1.29, 1.82) is 0 Å². The fourth-order valence-electron chi connectivity index (χ4n) is 3.13. The van der Waals surface area contributed by atoms with Gasteiger partial charge in [-0.3, -0.25) is 0 Å². The van der Waals surface area contributed by atoms with Crippen LogP contribution in [0.1, 0.15) is 24.2 Å². The normalized spacial score (nSPS) is 10.6. The Morgan fingerprint density at radius 2 is 1.82 bits per heavy atom. The maximum absolute atomic E-state index is 6.00. The van der Waals surface area contributed by atoms with Gasteiger partial charge < -0.3 is 24.5 Å². The van der Waals surface area contributed by atoms with Gasteiger partial charge in [0.1, 0.15) is 12.2 Å². The molecule has 0 saturated heterocycles. The molecule has 3 aromatic rings. The molecule has 0 unspecified atom stereocenters. The number of nitrogens with two attached hydrogens (primary N) is 1. The summed E-state index contributed by atoms with van der Waals surface area (Å²) in [6.45, 7) is 0.691. The Kier molecular flexibility index (Phi) is 5.84. The Morgan fingerprint density at radius 1 is 1.11 bits per heavy atom. The van der Waals surface area contributed by atoms with E-state index in [0.717, 1.165) is 17.8 Å². The smallest absolute Gasteiger partial charge is 0.203 e. The van der Waals surface area contributed by atoms with Crippen molar-refractivity contribution >= 4 is 17.0 Å². The number of nitrogen functional groups attached to an aromatic ring is 1. The van der Waals surface area contributed by atoms with Gasteiger partial charge in [0.25, 0.3) is 0 Å². The largest absolute Gasteiger partial charge is 0.493 e. The lowest BCUT2D eigenvalue weighted by Crippen LogP contribution is -2.06. The Morgan fingerprint density at radius 3 is 2.43 bits per heavy atom. The molecule has 0 amide bonds. The van der Waals surface area contributed by atoms with E-state index in [1.807, 2.05) is 16.7 Å². The van der Waals surface area contributed by atoms with Gasteiger partial charge in [-0.2, -0.15) is 0 Å². The van der Waals surface area contributed by atoms with Gasteiger partial charge in [-0.25, -0.2) is 15.0 Å². The van der Waals surface area contributed by atoms with Gasteiger partial charge in [0.2, 0.25) is 5.75 Å². The molecular formula is C20H23N5O3. The van der Waals surface area contributed by atoms with Gasteiger partial charge in [0.05, 0.1) is 21.3 Å². The lowest BCUT2D eigenvalue weighted by molar-refractivity contribution is 0.324. The molecule has 2 aromatic heterocycles. The number of aromatic nitrogens is 4. The topological polar surface area (TPSA) is 97.3 Å². The fourth-order valence-corrected chi connectivity index (χ4v) is 3.13. The van der Waals surface area contributed by atoms with Crippen LogP contribution >= 0.6 is 0 Å². The molecule has 1 aromatic carbocycles. The minimum atomic E-state index is 0.354. The number of ether oxygens (including phenoxy) is 3. The van der Waals surface area contributed by atoms with Crippen molar-refractivity contribution < 1.29 is 14.2 Å². The predicted molar refractivity (Wildman–Crippen MR) is 107 cm³/mol. The van der Waals surface area contributed by atoms with E-state index >= 15 is 0 Å². The first-order valence-corrected chi connectivity index (χ1v) is 8.80. The van der Waals surface area contributed by atoms with Gasteiger partial charge in [-0.15, -0.1) is 12.3 Å². The second-order valence-corrected chi connectivity index (χ2v) is 6.13. The van der Waals surface area contributed by atoms with E-state index in [1.165, 1.54) is 6.33 Å². The number of rotatable bonds is 8. The molecule has 3 rings (SSSR count). The van der Waals surface area contributed by atoms with Crippen molar-refractivity contribution in [2.75, 3.05) is 27.1 Å². The van der Waals surface area contributed by atoms with E-state index in [9.17, 15) is 0 Å². The fraction of sp³-hybridized carbons (Fsp3) is 0.350. The molecule has 0 spiro atoms. The van der Waals surface area contributed by atoms with Crippen molar-refractivity contribution in [2.45, 2.75) is 25.8 Å². The van der Waals surface area contributed by atoms with E-state index in [0.29, 0.717) is 53.6 Å². The number of terminal acetylenes is 1.